The molecule has 1 heterocycles. The predicted molar refractivity (Wildman–Crippen MR) is 72.2 cm³/mol. The molecule has 0 aliphatic carbocycles. The van der Waals surface area contributed by atoms with Gasteiger partial charge in [0.05, 0.1) is 40.4 Å². The summed E-state index contributed by atoms with van der Waals surface area (Å²) in [4.78, 5) is 12.1. The molecule has 0 atom stereocenters. The van der Waals surface area contributed by atoms with Gasteiger partial charge in [0.1, 0.15) is 7.05 Å². The van der Waals surface area contributed by atoms with Crippen molar-refractivity contribution in [3.63, 3.8) is 0 Å². The summed E-state index contributed by atoms with van der Waals surface area (Å²) in [5.41, 5.74) is 1.20. The molecule has 0 saturated heterocycles. The minimum atomic E-state index is -0.135. The average molecular weight is 266 g/mol. The monoisotopic (exact) mass is 266 g/mol. The maximum atomic E-state index is 12.1. The lowest BCUT2D eigenvalue weighted by atomic mass is 10.2. The van der Waals surface area contributed by atoms with E-state index in [1.54, 1.807) is 29.9 Å². The molecule has 0 aliphatic heterocycles. The molecule has 6 heteroatoms. The van der Waals surface area contributed by atoms with Crippen LogP contribution in [0.3, 0.4) is 0 Å². The summed E-state index contributed by atoms with van der Waals surface area (Å²) >= 11 is 0. The Kier molecular flexibility index (Phi) is 5.00. The topological polar surface area (TPSA) is 65.6 Å². The molecule has 2 N–H and O–H groups in total. The predicted octanol–water partition coefficient (Wildman–Crippen LogP) is -0.245. The molecule has 0 bridgehead atoms. The highest BCUT2D eigenvalue weighted by Crippen LogP contribution is 1.98. The Morgan fingerprint density at radius 1 is 1.53 bits per heavy atom. The summed E-state index contributed by atoms with van der Waals surface area (Å²) in [6.07, 6.45) is 3.05. The third-order valence-corrected chi connectivity index (χ3v) is 2.68. The van der Waals surface area contributed by atoms with Gasteiger partial charge < -0.3 is 15.0 Å². The van der Waals surface area contributed by atoms with E-state index in [1.165, 1.54) is 6.21 Å². The number of oxime groups is 1. The Balaban J connectivity index is 2.73. The fraction of sp³-hybridized carbons (Fsp3) is 0.462. The summed E-state index contributed by atoms with van der Waals surface area (Å²) in [5.74, 6) is -0.135. The molecule has 0 spiro atoms. The molecular weight excluding hydrogens is 244 g/mol. The van der Waals surface area contributed by atoms with Crippen LogP contribution in [0.15, 0.2) is 23.5 Å². The number of rotatable bonds is 5. The van der Waals surface area contributed by atoms with Gasteiger partial charge in [-0.3, -0.25) is 4.79 Å². The first-order valence-electron chi connectivity index (χ1n) is 6.09. The minimum Gasteiger partial charge on any atom is -0.411 e. The molecule has 6 nitrogen and oxygen atoms in total. The normalized spacial score (nSPS) is 11.8. The number of nitrogens with zero attached hydrogens (tertiary/aromatic N) is 3. The van der Waals surface area contributed by atoms with E-state index in [4.69, 9.17) is 5.21 Å². The molecular formula is C13H22N4O2+2. The van der Waals surface area contributed by atoms with Gasteiger partial charge >= 0.3 is 5.91 Å². The van der Waals surface area contributed by atoms with E-state index in [9.17, 15) is 4.79 Å². The minimum absolute atomic E-state index is 0.135. The SMILES string of the molecule is C[n+]1ccc(/C=N/O)cc1C(=O)NCC[N+](C)(C)C. The Morgan fingerprint density at radius 3 is 2.79 bits per heavy atom. The van der Waals surface area contributed by atoms with Crippen LogP contribution in [0.5, 0.6) is 0 Å². The first-order chi connectivity index (χ1) is 8.83. The van der Waals surface area contributed by atoms with Crippen LogP contribution in [0.4, 0.5) is 0 Å². The van der Waals surface area contributed by atoms with E-state index in [1.807, 2.05) is 0 Å². The van der Waals surface area contributed by atoms with Gasteiger partial charge in [-0.2, -0.15) is 4.57 Å². The van der Waals surface area contributed by atoms with Crippen molar-refractivity contribution in [1.29, 1.82) is 0 Å². The van der Waals surface area contributed by atoms with Crippen molar-refractivity contribution < 1.29 is 19.1 Å². The lowest BCUT2D eigenvalue weighted by molar-refractivity contribution is -0.869. The van der Waals surface area contributed by atoms with E-state index < -0.39 is 0 Å². The summed E-state index contributed by atoms with van der Waals surface area (Å²) in [6.45, 7) is 1.47. The molecule has 0 saturated carbocycles. The second-order valence-corrected chi connectivity index (χ2v) is 5.47. The first kappa shape index (κ1) is 15.1. The van der Waals surface area contributed by atoms with Gasteiger partial charge in [-0.05, 0) is 0 Å². The Labute approximate surface area is 113 Å². The van der Waals surface area contributed by atoms with E-state index in [2.05, 4.69) is 31.6 Å². The van der Waals surface area contributed by atoms with Gasteiger partial charge in [0, 0.05) is 17.7 Å². The second kappa shape index (κ2) is 6.29. The van der Waals surface area contributed by atoms with Crippen molar-refractivity contribution in [3.8, 4) is 0 Å². The third kappa shape index (κ3) is 5.05. The van der Waals surface area contributed by atoms with Crippen molar-refractivity contribution in [2.24, 2.45) is 12.2 Å². The van der Waals surface area contributed by atoms with Crippen LogP contribution in [0, 0.1) is 0 Å². The number of carbonyl (C=O) groups excluding carboxylic acids is 1. The van der Waals surface area contributed by atoms with Gasteiger partial charge in [0.2, 0.25) is 0 Å². The Morgan fingerprint density at radius 2 is 2.21 bits per heavy atom. The number of carbonyl (C=O) groups is 1. The van der Waals surface area contributed by atoms with Gasteiger partial charge in [-0.15, -0.1) is 0 Å². The number of pyridine rings is 1. The van der Waals surface area contributed by atoms with Crippen LogP contribution in [-0.4, -0.2) is 56.0 Å². The largest absolute Gasteiger partial charge is 0.411 e. The number of likely N-dealkylation sites (N-methyl/N-ethyl adjacent to an activating group) is 1. The van der Waals surface area contributed by atoms with Crippen molar-refractivity contribution in [3.05, 3.63) is 29.6 Å². The Bertz CT molecular complexity index is 478. The lowest BCUT2D eigenvalue weighted by Crippen LogP contribution is -2.45. The zero-order valence-electron chi connectivity index (χ0n) is 11.9. The molecule has 0 unspecified atom stereocenters. The van der Waals surface area contributed by atoms with Crippen LogP contribution >= 0.6 is 0 Å². The second-order valence-electron chi connectivity index (χ2n) is 5.47. The van der Waals surface area contributed by atoms with Crippen molar-refractivity contribution >= 4 is 12.1 Å². The lowest BCUT2D eigenvalue weighted by Gasteiger charge is -2.23. The maximum Gasteiger partial charge on any atom is 0.316 e. The number of aromatic nitrogens is 1. The van der Waals surface area contributed by atoms with Crippen molar-refractivity contribution in [2.75, 3.05) is 34.2 Å². The molecule has 0 fully saturated rings. The molecule has 19 heavy (non-hydrogen) atoms. The highest BCUT2D eigenvalue weighted by atomic mass is 16.4. The molecule has 0 radical (unpaired) electrons. The fourth-order valence-corrected chi connectivity index (χ4v) is 1.55. The Hall–Kier alpha value is -1.95. The van der Waals surface area contributed by atoms with Gasteiger partial charge in [-0.1, -0.05) is 5.16 Å². The zero-order chi connectivity index (χ0) is 14.5. The number of amides is 1. The van der Waals surface area contributed by atoms with Crippen LogP contribution in [0.25, 0.3) is 0 Å². The molecule has 1 amide bonds. The molecule has 0 aromatic carbocycles. The number of hydrogen-bond donors (Lipinski definition) is 2. The van der Waals surface area contributed by atoms with E-state index in [0.717, 1.165) is 11.0 Å². The summed E-state index contributed by atoms with van der Waals surface area (Å²) < 4.78 is 2.53. The van der Waals surface area contributed by atoms with Crippen LogP contribution in [0.1, 0.15) is 16.1 Å². The average Bonchev–Trinajstić information content (AvgIpc) is 2.30. The highest BCUT2D eigenvalue weighted by Gasteiger charge is 2.17. The first-order valence-corrected chi connectivity index (χ1v) is 6.09. The number of nitrogens with one attached hydrogen (secondary N) is 1. The smallest absolute Gasteiger partial charge is 0.316 e. The molecule has 1 aromatic rings. The third-order valence-electron chi connectivity index (χ3n) is 2.68. The fourth-order valence-electron chi connectivity index (χ4n) is 1.55. The summed E-state index contributed by atoms with van der Waals surface area (Å²) in [7, 11) is 8.02. The van der Waals surface area contributed by atoms with Gasteiger partial charge in [0.15, 0.2) is 6.20 Å². The standard InChI is InChI=1S/C13H20N4O2/c1-16-7-5-11(10-15-19)9-12(16)13(18)14-6-8-17(2,3)4/h5,7,9-10H,6,8H2,1-4H3/p+2. The van der Waals surface area contributed by atoms with Crippen molar-refractivity contribution in [1.82, 2.24) is 5.32 Å². The summed E-state index contributed by atoms with van der Waals surface area (Å²) in [5, 5.41) is 14.4. The molecule has 1 rings (SSSR count). The zero-order valence-corrected chi connectivity index (χ0v) is 11.9. The van der Waals surface area contributed by atoms with Gasteiger partial charge in [-0.25, -0.2) is 0 Å². The number of aryl methyl sites for hydroxylation is 1. The molecule has 104 valence electrons. The highest BCUT2D eigenvalue weighted by molar-refractivity contribution is 5.92. The van der Waals surface area contributed by atoms with E-state index in [0.29, 0.717) is 17.8 Å². The van der Waals surface area contributed by atoms with Crippen LogP contribution < -0.4 is 9.88 Å². The van der Waals surface area contributed by atoms with Crippen molar-refractivity contribution in [2.45, 2.75) is 0 Å². The van der Waals surface area contributed by atoms with Crippen LogP contribution in [0.2, 0.25) is 0 Å². The van der Waals surface area contributed by atoms with Gasteiger partial charge in [0.25, 0.3) is 5.69 Å². The maximum absolute atomic E-state index is 12.1. The van der Waals surface area contributed by atoms with Crippen LogP contribution in [-0.2, 0) is 7.05 Å². The molecule has 0 aliphatic rings. The van der Waals surface area contributed by atoms with E-state index in [-0.39, 0.29) is 5.91 Å². The number of hydrogen-bond acceptors (Lipinski definition) is 3. The molecule has 1 aromatic heterocycles. The quantitative estimate of drug-likeness (QED) is 0.254. The number of quaternary nitrogens is 1. The summed E-state index contributed by atoms with van der Waals surface area (Å²) in [6, 6.07) is 3.45. The van der Waals surface area contributed by atoms with E-state index >= 15 is 0 Å².